The average molecular weight is 221 g/mol. The first-order valence-electron chi connectivity index (χ1n) is 4.08. The van der Waals surface area contributed by atoms with Gasteiger partial charge in [-0.25, -0.2) is 0 Å². The van der Waals surface area contributed by atoms with Gasteiger partial charge >= 0.3 is 0 Å². The summed E-state index contributed by atoms with van der Waals surface area (Å²) >= 11 is 11.6. The summed E-state index contributed by atoms with van der Waals surface area (Å²) in [5.41, 5.74) is 1.79. The van der Waals surface area contributed by atoms with E-state index in [-0.39, 0.29) is 0 Å². The minimum Gasteiger partial charge on any atom is -0.322 e. The second-order valence-electron chi connectivity index (χ2n) is 2.49. The highest BCUT2D eigenvalue weighted by molar-refractivity contribution is 6.69. The maximum absolute atomic E-state index is 5.82. The fourth-order valence-electron chi connectivity index (χ4n) is 1.13. The normalized spacial score (nSPS) is 14.0. The second-order valence-corrected chi connectivity index (χ2v) is 3.30. The van der Waals surface area contributed by atoms with Gasteiger partial charge in [0, 0.05) is 5.03 Å². The molecule has 0 aliphatic carbocycles. The van der Waals surface area contributed by atoms with E-state index < -0.39 is 0 Å². The van der Waals surface area contributed by atoms with Crippen LogP contribution in [0.15, 0.2) is 27.9 Å². The number of nitrogens with two attached hydrogens (primary N) is 1. The minimum atomic E-state index is 0.307. The molecule has 0 amide bonds. The Morgan fingerprint density at radius 2 is 1.69 bits per heavy atom. The largest absolute Gasteiger partial charge is 0.322 e. The summed E-state index contributed by atoms with van der Waals surface area (Å²) in [6.07, 6.45) is 1.52. The zero-order valence-electron chi connectivity index (χ0n) is 7.90. The van der Waals surface area contributed by atoms with Crippen molar-refractivity contribution in [3.05, 3.63) is 22.8 Å². The molecule has 0 radical (unpaired) electrons. The van der Waals surface area contributed by atoms with E-state index in [1.165, 1.54) is 0 Å². The standard InChI is InChI=1S/C9H14Cl2N2/c1-4-7(6(3)10)8(5-2)9(11)13-12/h3-5,12H2,1-2H3/b8-7-,13-9+. The first-order chi connectivity index (χ1) is 6.08. The van der Waals surface area contributed by atoms with Crippen LogP contribution in [0.1, 0.15) is 26.7 Å². The molecule has 0 aromatic carbocycles. The van der Waals surface area contributed by atoms with Crippen LogP contribution in [0, 0.1) is 0 Å². The van der Waals surface area contributed by atoms with Gasteiger partial charge in [0.05, 0.1) is 0 Å². The molecule has 13 heavy (non-hydrogen) atoms. The zero-order valence-corrected chi connectivity index (χ0v) is 9.41. The first-order valence-corrected chi connectivity index (χ1v) is 4.84. The summed E-state index contributed by atoms with van der Waals surface area (Å²) < 4.78 is 0. The highest BCUT2D eigenvalue weighted by atomic mass is 35.5. The average Bonchev–Trinajstić information content (AvgIpc) is 2.12. The van der Waals surface area contributed by atoms with Gasteiger partial charge in [-0.2, -0.15) is 5.10 Å². The molecular weight excluding hydrogens is 207 g/mol. The maximum atomic E-state index is 5.82. The second kappa shape index (κ2) is 6.06. The molecule has 0 rings (SSSR count). The summed E-state index contributed by atoms with van der Waals surface area (Å²) in [5, 5.41) is 4.24. The molecule has 0 aliphatic rings. The molecule has 0 saturated carbocycles. The van der Waals surface area contributed by atoms with Crippen molar-refractivity contribution in [1.29, 1.82) is 0 Å². The molecular formula is C9H14Cl2N2. The van der Waals surface area contributed by atoms with Gasteiger partial charge < -0.3 is 5.84 Å². The Morgan fingerprint density at radius 3 is 1.92 bits per heavy atom. The number of halogens is 2. The minimum absolute atomic E-state index is 0.307. The molecule has 2 N–H and O–H groups in total. The van der Waals surface area contributed by atoms with E-state index in [2.05, 4.69) is 11.7 Å². The van der Waals surface area contributed by atoms with E-state index in [1.807, 2.05) is 13.8 Å². The molecule has 0 bridgehead atoms. The first kappa shape index (κ1) is 12.5. The topological polar surface area (TPSA) is 38.4 Å². The zero-order chi connectivity index (χ0) is 10.4. The number of rotatable bonds is 4. The van der Waals surface area contributed by atoms with Crippen LogP contribution in [0.25, 0.3) is 0 Å². The van der Waals surface area contributed by atoms with Gasteiger partial charge in [0.25, 0.3) is 0 Å². The van der Waals surface area contributed by atoms with Gasteiger partial charge in [0.1, 0.15) is 0 Å². The molecule has 4 heteroatoms. The van der Waals surface area contributed by atoms with E-state index in [0.29, 0.717) is 10.2 Å². The number of hydrogen-bond acceptors (Lipinski definition) is 2. The maximum Gasteiger partial charge on any atom is 0.152 e. The summed E-state index contributed by atoms with van der Waals surface area (Å²) in [4.78, 5) is 0. The summed E-state index contributed by atoms with van der Waals surface area (Å²) in [5.74, 6) is 5.09. The van der Waals surface area contributed by atoms with Gasteiger partial charge in [-0.3, -0.25) is 0 Å². The lowest BCUT2D eigenvalue weighted by Gasteiger charge is -2.09. The van der Waals surface area contributed by atoms with Crippen molar-refractivity contribution in [3.8, 4) is 0 Å². The third-order valence-electron chi connectivity index (χ3n) is 1.76. The van der Waals surface area contributed by atoms with Gasteiger partial charge in [-0.1, -0.05) is 43.6 Å². The molecule has 0 saturated heterocycles. The van der Waals surface area contributed by atoms with Crippen molar-refractivity contribution in [2.45, 2.75) is 26.7 Å². The number of nitrogens with zero attached hydrogens (tertiary/aromatic N) is 1. The number of allylic oxidation sites excluding steroid dienone is 3. The molecule has 0 spiro atoms. The highest BCUT2D eigenvalue weighted by Gasteiger charge is 2.09. The van der Waals surface area contributed by atoms with Crippen LogP contribution in [0.5, 0.6) is 0 Å². The lowest BCUT2D eigenvalue weighted by Crippen LogP contribution is -2.01. The highest BCUT2D eigenvalue weighted by Crippen LogP contribution is 2.24. The van der Waals surface area contributed by atoms with Crippen LogP contribution in [-0.4, -0.2) is 5.17 Å². The molecule has 0 aromatic heterocycles. The Balaban J connectivity index is 5.18. The van der Waals surface area contributed by atoms with E-state index >= 15 is 0 Å². The van der Waals surface area contributed by atoms with Crippen molar-refractivity contribution in [1.82, 2.24) is 0 Å². The SMILES string of the molecule is C=C(Cl)/C(CC)=C(CC)\C(Cl)=N/N. The van der Waals surface area contributed by atoms with Crippen molar-refractivity contribution < 1.29 is 0 Å². The summed E-state index contributed by atoms with van der Waals surface area (Å²) in [7, 11) is 0. The molecule has 0 unspecified atom stereocenters. The van der Waals surface area contributed by atoms with Gasteiger partial charge in [-0.15, -0.1) is 0 Å². The van der Waals surface area contributed by atoms with Gasteiger partial charge in [0.2, 0.25) is 0 Å². The number of hydrogen-bond donors (Lipinski definition) is 1. The predicted molar refractivity (Wildman–Crippen MR) is 60.1 cm³/mol. The van der Waals surface area contributed by atoms with E-state index in [1.54, 1.807) is 0 Å². The van der Waals surface area contributed by atoms with E-state index in [0.717, 1.165) is 24.0 Å². The molecule has 0 aliphatic heterocycles. The van der Waals surface area contributed by atoms with Gasteiger partial charge in [-0.05, 0) is 24.0 Å². The van der Waals surface area contributed by atoms with Crippen LogP contribution in [0.2, 0.25) is 0 Å². The van der Waals surface area contributed by atoms with E-state index in [4.69, 9.17) is 29.0 Å². The lowest BCUT2D eigenvalue weighted by molar-refractivity contribution is 1.06. The fourth-order valence-corrected chi connectivity index (χ4v) is 1.63. The molecule has 0 aromatic rings. The smallest absolute Gasteiger partial charge is 0.152 e. The van der Waals surface area contributed by atoms with Crippen LogP contribution >= 0.6 is 23.2 Å². The third kappa shape index (κ3) is 3.41. The van der Waals surface area contributed by atoms with Crippen molar-refractivity contribution >= 4 is 28.4 Å². The van der Waals surface area contributed by atoms with Crippen molar-refractivity contribution in [3.63, 3.8) is 0 Å². The number of hydrazone groups is 1. The molecule has 0 heterocycles. The van der Waals surface area contributed by atoms with Crippen LogP contribution in [-0.2, 0) is 0 Å². The molecule has 0 fully saturated rings. The summed E-state index contributed by atoms with van der Waals surface area (Å²) in [6, 6.07) is 0. The summed E-state index contributed by atoms with van der Waals surface area (Å²) in [6.45, 7) is 7.62. The Morgan fingerprint density at radius 1 is 1.23 bits per heavy atom. The molecule has 2 nitrogen and oxygen atoms in total. The Bertz CT molecular complexity index is 254. The van der Waals surface area contributed by atoms with Crippen molar-refractivity contribution in [2.75, 3.05) is 0 Å². The van der Waals surface area contributed by atoms with E-state index in [9.17, 15) is 0 Å². The third-order valence-corrected chi connectivity index (χ3v) is 2.32. The van der Waals surface area contributed by atoms with Crippen molar-refractivity contribution in [2.24, 2.45) is 10.9 Å². The van der Waals surface area contributed by atoms with Gasteiger partial charge in [0.15, 0.2) is 5.17 Å². The Kier molecular flexibility index (Phi) is 5.84. The fraction of sp³-hybridized carbons (Fsp3) is 0.444. The Labute approximate surface area is 89.1 Å². The quantitative estimate of drug-likeness (QED) is 0.336. The molecule has 0 atom stereocenters. The monoisotopic (exact) mass is 220 g/mol. The van der Waals surface area contributed by atoms with Crippen LogP contribution in [0.3, 0.4) is 0 Å². The lowest BCUT2D eigenvalue weighted by atomic mass is 10.0. The molecule has 74 valence electrons. The Hall–Kier alpha value is -0.470. The van der Waals surface area contributed by atoms with Crippen LogP contribution in [0.4, 0.5) is 0 Å². The predicted octanol–water partition coefficient (Wildman–Crippen LogP) is 3.37. The van der Waals surface area contributed by atoms with Crippen LogP contribution < -0.4 is 5.84 Å².